The maximum Gasteiger partial charge on any atom is 0.193 e. The molecule has 0 saturated heterocycles. The van der Waals surface area contributed by atoms with Crippen molar-refractivity contribution in [2.45, 2.75) is 32.2 Å². The lowest BCUT2D eigenvalue weighted by Gasteiger charge is -2.09. The first-order valence-electron chi connectivity index (χ1n) is 7.88. The van der Waals surface area contributed by atoms with Gasteiger partial charge < -0.3 is 11.1 Å². The van der Waals surface area contributed by atoms with Crippen LogP contribution in [-0.2, 0) is 6.42 Å². The topological polar surface area (TPSA) is 50.4 Å². The number of rotatable bonds is 2. The molecule has 112 valence electrons. The molecule has 0 spiro atoms. The van der Waals surface area contributed by atoms with E-state index in [1.807, 2.05) is 0 Å². The van der Waals surface area contributed by atoms with Gasteiger partial charge in [0.15, 0.2) is 5.96 Å². The smallest absolute Gasteiger partial charge is 0.193 e. The van der Waals surface area contributed by atoms with Gasteiger partial charge in [-0.25, -0.2) is 4.99 Å². The van der Waals surface area contributed by atoms with Gasteiger partial charge in [-0.1, -0.05) is 30.3 Å². The summed E-state index contributed by atoms with van der Waals surface area (Å²) in [7, 11) is 0. The van der Waals surface area contributed by atoms with Gasteiger partial charge in [-0.2, -0.15) is 0 Å². The normalized spacial score (nSPS) is 25.5. The Balaban J connectivity index is 1.49. The van der Waals surface area contributed by atoms with Gasteiger partial charge in [-0.15, -0.1) is 0 Å². The number of aryl methyl sites for hydroxylation is 2. The molecular formula is C19H21N3. The number of hydrogen-bond donors (Lipinski definition) is 2. The zero-order chi connectivity index (χ0) is 15.3. The Hall–Kier alpha value is -2.29. The first-order valence-corrected chi connectivity index (χ1v) is 7.88. The minimum absolute atomic E-state index is 0.355. The van der Waals surface area contributed by atoms with Crippen LogP contribution < -0.4 is 11.1 Å². The van der Waals surface area contributed by atoms with Crippen molar-refractivity contribution in [1.29, 1.82) is 0 Å². The average Bonchev–Trinajstić information content (AvgIpc) is 2.95. The van der Waals surface area contributed by atoms with E-state index in [1.54, 1.807) is 0 Å². The highest BCUT2D eigenvalue weighted by molar-refractivity contribution is 5.92. The van der Waals surface area contributed by atoms with E-state index in [4.69, 9.17) is 10.7 Å². The molecule has 3 unspecified atom stereocenters. The molecule has 0 aliphatic heterocycles. The number of benzene rings is 2. The Bertz CT molecular complexity index is 743. The fraction of sp³-hybridized carbons (Fsp3) is 0.316. The van der Waals surface area contributed by atoms with Gasteiger partial charge in [0, 0.05) is 11.6 Å². The van der Waals surface area contributed by atoms with Crippen LogP contribution in [0, 0.1) is 19.8 Å². The summed E-state index contributed by atoms with van der Waals surface area (Å²) in [5.74, 6) is 1.76. The molecule has 22 heavy (non-hydrogen) atoms. The van der Waals surface area contributed by atoms with Crippen molar-refractivity contribution in [3.8, 4) is 0 Å². The molecule has 0 aromatic heterocycles. The van der Waals surface area contributed by atoms with E-state index in [-0.39, 0.29) is 0 Å². The summed E-state index contributed by atoms with van der Waals surface area (Å²) in [5, 5.41) is 3.24. The SMILES string of the molecule is Cc1cc(C)cc(NC(N)=NC2C3Cc4ccccc4C32)c1. The van der Waals surface area contributed by atoms with E-state index in [2.05, 4.69) is 61.6 Å². The van der Waals surface area contributed by atoms with Crippen LogP contribution in [0.3, 0.4) is 0 Å². The summed E-state index contributed by atoms with van der Waals surface area (Å²) in [4.78, 5) is 4.71. The fourth-order valence-corrected chi connectivity index (χ4v) is 3.88. The minimum Gasteiger partial charge on any atom is -0.370 e. The van der Waals surface area contributed by atoms with Crippen LogP contribution in [0.5, 0.6) is 0 Å². The molecule has 3 nitrogen and oxygen atoms in total. The number of aliphatic imine (C=N–C) groups is 1. The molecular weight excluding hydrogens is 270 g/mol. The van der Waals surface area contributed by atoms with Crippen LogP contribution >= 0.6 is 0 Å². The summed E-state index contributed by atoms with van der Waals surface area (Å²) < 4.78 is 0. The molecule has 0 amide bonds. The van der Waals surface area contributed by atoms with Gasteiger partial charge in [-0.3, -0.25) is 0 Å². The zero-order valence-corrected chi connectivity index (χ0v) is 13.0. The Labute approximate surface area is 131 Å². The molecule has 2 aromatic rings. The second-order valence-electron chi connectivity index (χ2n) is 6.60. The molecule has 0 bridgehead atoms. The summed E-state index contributed by atoms with van der Waals surface area (Å²) >= 11 is 0. The monoisotopic (exact) mass is 291 g/mol. The molecule has 3 heteroatoms. The van der Waals surface area contributed by atoms with Crippen molar-refractivity contribution in [2.75, 3.05) is 5.32 Å². The van der Waals surface area contributed by atoms with Crippen LogP contribution in [0.25, 0.3) is 0 Å². The Morgan fingerprint density at radius 1 is 1.14 bits per heavy atom. The number of nitrogens with one attached hydrogen (secondary N) is 1. The van der Waals surface area contributed by atoms with E-state index in [1.165, 1.54) is 22.3 Å². The van der Waals surface area contributed by atoms with Gasteiger partial charge in [0.2, 0.25) is 0 Å². The molecule has 3 atom stereocenters. The number of fused-ring (bicyclic) bond motifs is 3. The van der Waals surface area contributed by atoms with Crippen LogP contribution in [0.15, 0.2) is 47.5 Å². The molecule has 0 radical (unpaired) electrons. The summed E-state index contributed by atoms with van der Waals surface area (Å²) in [6.07, 6.45) is 1.14. The van der Waals surface area contributed by atoms with Gasteiger partial charge in [0.1, 0.15) is 0 Å². The second kappa shape index (κ2) is 4.87. The number of hydrogen-bond acceptors (Lipinski definition) is 1. The number of nitrogens with zero attached hydrogens (tertiary/aromatic N) is 1. The Kier molecular flexibility index (Phi) is 2.96. The average molecular weight is 291 g/mol. The van der Waals surface area contributed by atoms with Crippen LogP contribution in [0.4, 0.5) is 5.69 Å². The highest BCUT2D eigenvalue weighted by Gasteiger charge is 2.55. The van der Waals surface area contributed by atoms with Crippen molar-refractivity contribution in [3.63, 3.8) is 0 Å². The predicted octanol–water partition coefficient (Wildman–Crippen LogP) is 3.37. The largest absolute Gasteiger partial charge is 0.370 e. The number of nitrogens with two attached hydrogens (primary N) is 1. The van der Waals surface area contributed by atoms with Gasteiger partial charge in [0.25, 0.3) is 0 Å². The van der Waals surface area contributed by atoms with E-state index in [9.17, 15) is 0 Å². The Morgan fingerprint density at radius 2 is 1.86 bits per heavy atom. The quantitative estimate of drug-likeness (QED) is 0.658. The summed E-state index contributed by atoms with van der Waals surface area (Å²) in [5.41, 5.74) is 12.5. The van der Waals surface area contributed by atoms with Crippen LogP contribution in [0.2, 0.25) is 0 Å². The highest BCUT2D eigenvalue weighted by atomic mass is 15.1. The maximum absolute atomic E-state index is 6.11. The third kappa shape index (κ3) is 2.27. The van der Waals surface area contributed by atoms with Crippen molar-refractivity contribution < 1.29 is 0 Å². The first-order chi connectivity index (χ1) is 10.6. The third-order valence-corrected chi connectivity index (χ3v) is 4.78. The van der Waals surface area contributed by atoms with Crippen LogP contribution in [0.1, 0.15) is 28.2 Å². The summed E-state index contributed by atoms with van der Waals surface area (Å²) in [6, 6.07) is 15.4. The molecule has 2 aliphatic carbocycles. The standard InChI is InChI=1S/C19H21N3/c1-11-7-12(2)9-14(8-11)21-19(20)22-18-16-10-13-5-3-4-6-15(13)17(16)18/h3-9,16-18H,10H2,1-2H3,(H3,20,21,22). The third-order valence-electron chi connectivity index (χ3n) is 4.78. The lowest BCUT2D eigenvalue weighted by atomic mass is 10.1. The maximum atomic E-state index is 6.11. The van der Waals surface area contributed by atoms with E-state index in [0.29, 0.717) is 23.8 Å². The first kappa shape index (κ1) is 13.4. The van der Waals surface area contributed by atoms with Crippen LogP contribution in [-0.4, -0.2) is 12.0 Å². The van der Waals surface area contributed by atoms with Gasteiger partial charge >= 0.3 is 0 Å². The molecule has 2 aliphatic rings. The second-order valence-corrected chi connectivity index (χ2v) is 6.60. The highest BCUT2D eigenvalue weighted by Crippen LogP contribution is 2.58. The molecule has 4 rings (SSSR count). The van der Waals surface area contributed by atoms with E-state index in [0.717, 1.165) is 12.1 Å². The molecule has 1 fully saturated rings. The summed E-state index contributed by atoms with van der Waals surface area (Å²) in [6.45, 7) is 4.18. The fourth-order valence-electron chi connectivity index (χ4n) is 3.88. The lowest BCUT2D eigenvalue weighted by Crippen LogP contribution is -2.23. The zero-order valence-electron chi connectivity index (χ0n) is 13.0. The van der Waals surface area contributed by atoms with E-state index >= 15 is 0 Å². The van der Waals surface area contributed by atoms with Crippen molar-refractivity contribution >= 4 is 11.6 Å². The van der Waals surface area contributed by atoms with Crippen molar-refractivity contribution in [1.82, 2.24) is 0 Å². The number of guanidine groups is 1. The van der Waals surface area contributed by atoms with E-state index < -0.39 is 0 Å². The lowest BCUT2D eigenvalue weighted by molar-refractivity contribution is 0.801. The molecule has 3 N–H and O–H groups in total. The Morgan fingerprint density at radius 3 is 2.64 bits per heavy atom. The molecule has 1 saturated carbocycles. The van der Waals surface area contributed by atoms with Gasteiger partial charge in [0.05, 0.1) is 6.04 Å². The van der Waals surface area contributed by atoms with Crippen molar-refractivity contribution in [2.24, 2.45) is 16.6 Å². The van der Waals surface area contributed by atoms with Crippen molar-refractivity contribution in [3.05, 3.63) is 64.7 Å². The molecule has 0 heterocycles. The predicted molar refractivity (Wildman–Crippen MR) is 91.3 cm³/mol. The molecule has 2 aromatic carbocycles. The van der Waals surface area contributed by atoms with Gasteiger partial charge in [-0.05, 0) is 60.6 Å². The minimum atomic E-state index is 0.355. The number of anilines is 1.